The van der Waals surface area contributed by atoms with Gasteiger partial charge in [0.2, 0.25) is 0 Å². The Bertz CT molecular complexity index is 1240. The van der Waals surface area contributed by atoms with Crippen molar-refractivity contribution in [2.45, 2.75) is 19.3 Å². The Morgan fingerprint density at radius 1 is 1.19 bits per heavy atom. The van der Waals surface area contributed by atoms with Crippen molar-refractivity contribution < 1.29 is 14.7 Å². The molecule has 1 atom stereocenters. The van der Waals surface area contributed by atoms with Gasteiger partial charge in [0.05, 0.1) is 22.9 Å². The summed E-state index contributed by atoms with van der Waals surface area (Å²) >= 11 is 20.3. The van der Waals surface area contributed by atoms with Crippen LogP contribution in [0.4, 0.5) is 0 Å². The number of hydrogen-bond donors (Lipinski definition) is 0. The zero-order valence-electron chi connectivity index (χ0n) is 15.7. The van der Waals surface area contributed by atoms with Crippen LogP contribution >= 0.6 is 46.1 Å². The summed E-state index contributed by atoms with van der Waals surface area (Å²) < 4.78 is 8.71. The van der Waals surface area contributed by atoms with Crippen LogP contribution in [-0.2, 0) is 17.9 Å². The maximum Gasteiger partial charge on any atom is 0.302 e. The van der Waals surface area contributed by atoms with Gasteiger partial charge in [0.1, 0.15) is 6.10 Å². The molecule has 4 aromatic rings. The molecule has 31 heavy (non-hydrogen) atoms. The lowest BCUT2D eigenvalue weighted by atomic mass is 10.1. The van der Waals surface area contributed by atoms with Crippen LogP contribution in [0.5, 0.6) is 6.01 Å². The number of thiophene rings is 1. The molecule has 0 radical (unpaired) electrons. The molecule has 2 aromatic carbocycles. The molecule has 0 amide bonds. The maximum atomic E-state index is 10.8. The number of imidazole rings is 1. The van der Waals surface area contributed by atoms with Crippen LogP contribution in [0.3, 0.4) is 0 Å². The van der Waals surface area contributed by atoms with E-state index in [1.54, 1.807) is 35.7 Å². The van der Waals surface area contributed by atoms with E-state index in [9.17, 15) is 10.1 Å². The molecule has 7 nitrogen and oxygen atoms in total. The number of hydrogen-bond acceptors (Lipinski definition) is 6. The van der Waals surface area contributed by atoms with Crippen molar-refractivity contribution in [3.8, 4) is 6.01 Å². The first-order chi connectivity index (χ1) is 14.9. The van der Waals surface area contributed by atoms with Crippen LogP contribution in [0, 0.1) is 10.1 Å². The summed E-state index contributed by atoms with van der Waals surface area (Å²) in [4.78, 5) is 19.2. The number of fused-ring (bicyclic) bond motifs is 1. The van der Waals surface area contributed by atoms with Gasteiger partial charge in [0.25, 0.3) is 6.01 Å². The molecule has 0 bridgehead atoms. The van der Waals surface area contributed by atoms with Crippen molar-refractivity contribution in [2.24, 2.45) is 0 Å². The van der Waals surface area contributed by atoms with E-state index in [-0.39, 0.29) is 19.2 Å². The molecule has 11 heteroatoms. The monoisotopic (exact) mass is 497 g/mol. The van der Waals surface area contributed by atoms with Gasteiger partial charge in [-0.05, 0) is 34.5 Å². The molecule has 2 heterocycles. The molecule has 160 valence electrons. The third-order valence-electron chi connectivity index (χ3n) is 4.58. The quantitative estimate of drug-likeness (QED) is 0.202. The van der Waals surface area contributed by atoms with Gasteiger partial charge in [0.15, 0.2) is 0 Å². The van der Waals surface area contributed by atoms with Crippen LogP contribution in [0.15, 0.2) is 54.2 Å². The minimum atomic E-state index is -0.912. The first-order valence-electron chi connectivity index (χ1n) is 8.97. The lowest BCUT2D eigenvalue weighted by molar-refractivity contribution is -0.713. The third kappa shape index (κ3) is 4.94. The van der Waals surface area contributed by atoms with Crippen LogP contribution in [0.1, 0.15) is 17.2 Å². The molecule has 0 saturated carbocycles. The molecule has 0 aliphatic carbocycles. The van der Waals surface area contributed by atoms with E-state index in [1.807, 2.05) is 23.6 Å². The predicted octanol–water partition coefficient (Wildman–Crippen LogP) is 6.59. The zero-order valence-corrected chi connectivity index (χ0v) is 18.8. The van der Waals surface area contributed by atoms with Crippen LogP contribution in [0.2, 0.25) is 15.1 Å². The highest BCUT2D eigenvalue weighted by atomic mass is 35.5. The lowest BCUT2D eigenvalue weighted by Crippen LogP contribution is -2.16. The summed E-state index contributed by atoms with van der Waals surface area (Å²) in [6.45, 7) is 0.470. The average molecular weight is 499 g/mol. The molecule has 0 spiro atoms. The van der Waals surface area contributed by atoms with Gasteiger partial charge in [0, 0.05) is 28.0 Å². The van der Waals surface area contributed by atoms with Crippen molar-refractivity contribution in [3.05, 3.63) is 90.5 Å². The summed E-state index contributed by atoms with van der Waals surface area (Å²) in [5.41, 5.74) is 1.66. The number of rotatable bonds is 8. The van der Waals surface area contributed by atoms with Crippen LogP contribution in [-0.4, -0.2) is 14.6 Å². The molecular formula is C20H14Cl3N3O4S. The highest BCUT2D eigenvalue weighted by Crippen LogP contribution is 2.35. The van der Waals surface area contributed by atoms with Crippen molar-refractivity contribution >= 4 is 56.2 Å². The maximum absolute atomic E-state index is 10.8. The summed E-state index contributed by atoms with van der Waals surface area (Å²) in [7, 11) is 0. The lowest BCUT2D eigenvalue weighted by Gasteiger charge is -2.21. The summed E-state index contributed by atoms with van der Waals surface area (Å²) in [5, 5.41) is 14.5. The molecular weight excluding hydrogens is 485 g/mol. The zero-order chi connectivity index (χ0) is 22.0. The number of ether oxygens (including phenoxy) is 1. The second-order valence-electron chi connectivity index (χ2n) is 6.52. The summed E-state index contributed by atoms with van der Waals surface area (Å²) in [5.74, 6) is 0. The van der Waals surface area contributed by atoms with Gasteiger partial charge >= 0.3 is 5.09 Å². The van der Waals surface area contributed by atoms with Crippen molar-refractivity contribution in [1.29, 1.82) is 0 Å². The van der Waals surface area contributed by atoms with Gasteiger partial charge in [-0.25, -0.2) is 9.82 Å². The van der Waals surface area contributed by atoms with E-state index in [0.717, 1.165) is 15.6 Å². The van der Waals surface area contributed by atoms with Crippen molar-refractivity contribution in [3.63, 3.8) is 0 Å². The first-order valence-corrected chi connectivity index (χ1v) is 11.0. The summed E-state index contributed by atoms with van der Waals surface area (Å²) in [6.07, 6.45) is 2.43. The minimum Gasteiger partial charge on any atom is -0.367 e. The first kappa shape index (κ1) is 21.9. The minimum absolute atomic E-state index is 0.156. The Labute approximate surface area is 195 Å². The second-order valence-corrected chi connectivity index (χ2v) is 8.65. The molecule has 0 aliphatic heterocycles. The van der Waals surface area contributed by atoms with Gasteiger partial charge in [-0.1, -0.05) is 53.0 Å². The van der Waals surface area contributed by atoms with E-state index in [0.29, 0.717) is 20.6 Å². The van der Waals surface area contributed by atoms with Crippen LogP contribution < -0.4 is 4.84 Å². The Morgan fingerprint density at radius 2 is 2.03 bits per heavy atom. The van der Waals surface area contributed by atoms with E-state index in [1.165, 1.54) is 10.8 Å². The number of aromatic nitrogens is 2. The highest BCUT2D eigenvalue weighted by Gasteiger charge is 2.20. The van der Waals surface area contributed by atoms with Gasteiger partial charge in [-0.15, -0.1) is 21.5 Å². The fourth-order valence-electron chi connectivity index (χ4n) is 3.16. The van der Waals surface area contributed by atoms with Crippen LogP contribution in [0.25, 0.3) is 10.1 Å². The largest absolute Gasteiger partial charge is 0.367 e. The topological polar surface area (TPSA) is 79.4 Å². The van der Waals surface area contributed by atoms with Gasteiger partial charge in [-0.3, -0.25) is 0 Å². The molecule has 0 saturated heterocycles. The Hall–Kier alpha value is -2.36. The molecule has 0 fully saturated rings. The molecule has 0 unspecified atom stereocenters. The Kier molecular flexibility index (Phi) is 6.64. The molecule has 0 aliphatic rings. The summed E-state index contributed by atoms with van der Waals surface area (Å²) in [6, 6.07) is 10.7. The number of halogens is 3. The van der Waals surface area contributed by atoms with E-state index in [2.05, 4.69) is 9.82 Å². The average Bonchev–Trinajstić information content (AvgIpc) is 3.32. The molecule has 2 aromatic heterocycles. The van der Waals surface area contributed by atoms with E-state index < -0.39 is 11.2 Å². The smallest absolute Gasteiger partial charge is 0.302 e. The predicted molar refractivity (Wildman–Crippen MR) is 121 cm³/mol. The molecule has 4 rings (SSSR count). The Balaban J connectivity index is 1.63. The highest BCUT2D eigenvalue weighted by molar-refractivity contribution is 7.18. The van der Waals surface area contributed by atoms with Gasteiger partial charge < -0.3 is 9.30 Å². The van der Waals surface area contributed by atoms with Crippen molar-refractivity contribution in [1.82, 2.24) is 9.55 Å². The van der Waals surface area contributed by atoms with E-state index in [4.69, 9.17) is 39.5 Å². The van der Waals surface area contributed by atoms with E-state index >= 15 is 0 Å². The van der Waals surface area contributed by atoms with Crippen molar-refractivity contribution in [2.75, 3.05) is 0 Å². The normalized spacial score (nSPS) is 12.2. The standard InChI is InChI=1S/C20H14Cl3N3O4S/c21-13-4-5-15(17(23)8-13)18(9-25-7-6-24-20(25)30-26(27)28)29-10-12-11-31-19-14(12)2-1-3-16(19)22/h1-8,11,18H,9-10H2/t18-/m0/s1. The third-order valence-corrected chi connectivity index (χ3v) is 6.64. The molecule has 0 N–H and O–H groups in total. The SMILES string of the molecule is O=[N+]([O-])Oc1nccn1C[C@H](OCc1csc2c(Cl)cccc12)c1ccc(Cl)cc1Cl. The van der Waals surface area contributed by atoms with Gasteiger partial charge in [-0.2, -0.15) is 0 Å². The second kappa shape index (κ2) is 9.42. The fraction of sp³-hybridized carbons (Fsp3) is 0.150. The Morgan fingerprint density at radius 3 is 2.81 bits per heavy atom. The fourth-order valence-corrected chi connectivity index (χ4v) is 4.96. The number of benzene rings is 2. The number of nitrogens with zero attached hydrogens (tertiary/aromatic N) is 3.